The highest BCUT2D eigenvalue weighted by molar-refractivity contribution is 7.92. The minimum absolute atomic E-state index is 0.0841. The van der Waals surface area contributed by atoms with E-state index in [1.807, 2.05) is 12.1 Å². The van der Waals surface area contributed by atoms with Gasteiger partial charge in [-0.2, -0.15) is 0 Å². The number of benzene rings is 3. The van der Waals surface area contributed by atoms with Crippen molar-refractivity contribution in [3.8, 4) is 0 Å². The third-order valence-electron chi connectivity index (χ3n) is 5.85. The van der Waals surface area contributed by atoms with E-state index in [2.05, 4.69) is 22.3 Å². The number of hydrogen-bond acceptors (Lipinski definition) is 4. The molecule has 1 fully saturated rings. The molecule has 1 aliphatic rings. The molecule has 0 aliphatic carbocycles. The summed E-state index contributed by atoms with van der Waals surface area (Å²) in [6.45, 7) is 3.10. The summed E-state index contributed by atoms with van der Waals surface area (Å²) >= 11 is 0. The number of likely N-dealkylation sites (tertiary alicyclic amines) is 1. The van der Waals surface area contributed by atoms with Gasteiger partial charge in [0, 0.05) is 13.1 Å². The summed E-state index contributed by atoms with van der Waals surface area (Å²) in [6, 6.07) is 21.1. The van der Waals surface area contributed by atoms with Crippen molar-refractivity contribution in [2.45, 2.75) is 30.8 Å². The number of nitrogens with one attached hydrogen (secondary N) is 1. The second-order valence-corrected chi connectivity index (χ2v) is 10.2. The Hall–Kier alpha value is -3.23. The number of anilines is 1. The van der Waals surface area contributed by atoms with Crippen molar-refractivity contribution in [2.24, 2.45) is 0 Å². The van der Waals surface area contributed by atoms with Crippen LogP contribution in [0.25, 0.3) is 0 Å². The summed E-state index contributed by atoms with van der Waals surface area (Å²) in [5.74, 6) is -0.968. The minimum Gasteiger partial charge on any atom is -0.350 e. The maximum Gasteiger partial charge on any atom is 0.264 e. The van der Waals surface area contributed by atoms with E-state index in [0.29, 0.717) is 12.2 Å². The van der Waals surface area contributed by atoms with Gasteiger partial charge in [0.2, 0.25) is 5.91 Å². The highest BCUT2D eigenvalue weighted by atomic mass is 32.2. The molecule has 3 aromatic carbocycles. The number of carbonyl (C=O) groups excluding carboxylic acids is 1. The Labute approximate surface area is 200 Å². The lowest BCUT2D eigenvalue weighted by Gasteiger charge is -2.24. The molecule has 0 bridgehead atoms. The van der Waals surface area contributed by atoms with Crippen molar-refractivity contribution in [3.05, 3.63) is 95.8 Å². The predicted octanol–water partition coefficient (Wildman–Crippen LogP) is 3.93. The second-order valence-electron chi connectivity index (χ2n) is 8.38. The zero-order valence-corrected chi connectivity index (χ0v) is 19.7. The third kappa shape index (κ3) is 6.01. The maximum absolute atomic E-state index is 13.3. The van der Waals surface area contributed by atoms with Crippen LogP contribution in [0, 0.1) is 5.82 Å². The van der Waals surface area contributed by atoms with E-state index in [9.17, 15) is 17.6 Å². The molecule has 6 nitrogen and oxygen atoms in total. The van der Waals surface area contributed by atoms with Crippen molar-refractivity contribution in [3.63, 3.8) is 0 Å². The molecule has 1 amide bonds. The Kier molecular flexibility index (Phi) is 7.59. The Morgan fingerprint density at radius 1 is 0.882 bits per heavy atom. The molecule has 4 rings (SSSR count). The zero-order chi connectivity index (χ0) is 24.0. The number of hydrogen-bond donors (Lipinski definition) is 1. The van der Waals surface area contributed by atoms with E-state index in [-0.39, 0.29) is 4.90 Å². The monoisotopic (exact) mass is 481 g/mol. The van der Waals surface area contributed by atoms with Gasteiger partial charge in [0.05, 0.1) is 10.6 Å². The molecule has 0 spiro atoms. The number of halogens is 1. The van der Waals surface area contributed by atoms with Crippen LogP contribution in [0.15, 0.2) is 83.8 Å². The zero-order valence-electron chi connectivity index (χ0n) is 18.9. The number of nitrogens with zero attached hydrogens (tertiary/aromatic N) is 2. The maximum atomic E-state index is 13.3. The van der Waals surface area contributed by atoms with Gasteiger partial charge in [0.25, 0.3) is 10.0 Å². The molecule has 0 aromatic heterocycles. The first kappa shape index (κ1) is 23.9. The van der Waals surface area contributed by atoms with Crippen LogP contribution in [-0.4, -0.2) is 38.9 Å². The van der Waals surface area contributed by atoms with Crippen LogP contribution in [0.1, 0.15) is 24.0 Å². The standard InChI is InChI=1S/C26H28FN3O3S/c27-23-12-14-25(15-13-23)34(32,33)30(24-6-2-1-3-7-24)20-26(31)28-18-21-8-10-22(11-9-21)19-29-16-4-5-17-29/h1-3,6-15H,4-5,16-20H2,(H,28,31). The van der Waals surface area contributed by atoms with Gasteiger partial charge in [-0.15, -0.1) is 0 Å². The molecule has 8 heteroatoms. The molecule has 1 N–H and O–H groups in total. The second kappa shape index (κ2) is 10.8. The lowest BCUT2D eigenvalue weighted by Crippen LogP contribution is -2.40. The largest absolute Gasteiger partial charge is 0.350 e. The number of amides is 1. The van der Waals surface area contributed by atoms with E-state index >= 15 is 0 Å². The summed E-state index contributed by atoms with van der Waals surface area (Å²) in [5, 5.41) is 2.81. The topological polar surface area (TPSA) is 69.7 Å². The van der Waals surface area contributed by atoms with Crippen LogP contribution in [-0.2, 0) is 27.9 Å². The average Bonchev–Trinajstić information content (AvgIpc) is 3.36. The van der Waals surface area contributed by atoms with Crippen LogP contribution >= 0.6 is 0 Å². The summed E-state index contributed by atoms with van der Waals surface area (Å²) in [7, 11) is -4.06. The summed E-state index contributed by atoms with van der Waals surface area (Å²) in [4.78, 5) is 15.1. The fraction of sp³-hybridized carbons (Fsp3) is 0.269. The molecule has 1 heterocycles. The number of para-hydroxylation sites is 1. The van der Waals surface area contributed by atoms with Gasteiger partial charge in [0.15, 0.2) is 0 Å². The van der Waals surface area contributed by atoms with Crippen molar-refractivity contribution in [1.29, 1.82) is 0 Å². The Morgan fingerprint density at radius 2 is 1.50 bits per heavy atom. The van der Waals surface area contributed by atoms with Gasteiger partial charge in [-0.25, -0.2) is 12.8 Å². The number of carbonyl (C=O) groups is 1. The summed E-state index contributed by atoms with van der Waals surface area (Å²) < 4.78 is 40.9. The Balaban J connectivity index is 1.42. The molecule has 1 aliphatic heterocycles. The highest BCUT2D eigenvalue weighted by Gasteiger charge is 2.27. The number of sulfonamides is 1. The van der Waals surface area contributed by atoms with Gasteiger partial charge in [-0.05, 0) is 73.5 Å². The van der Waals surface area contributed by atoms with Crippen molar-refractivity contribution in [2.75, 3.05) is 23.9 Å². The molecular weight excluding hydrogens is 453 g/mol. The Morgan fingerprint density at radius 3 is 2.15 bits per heavy atom. The molecule has 1 saturated heterocycles. The van der Waals surface area contributed by atoms with Crippen molar-refractivity contribution < 1.29 is 17.6 Å². The molecular formula is C26H28FN3O3S. The average molecular weight is 482 g/mol. The van der Waals surface area contributed by atoms with Gasteiger partial charge in [-0.3, -0.25) is 14.0 Å². The first-order valence-electron chi connectivity index (χ1n) is 11.3. The van der Waals surface area contributed by atoms with Crippen LogP contribution < -0.4 is 9.62 Å². The lowest BCUT2D eigenvalue weighted by atomic mass is 10.1. The van der Waals surface area contributed by atoms with Gasteiger partial charge in [0.1, 0.15) is 12.4 Å². The van der Waals surface area contributed by atoms with E-state index in [1.54, 1.807) is 30.3 Å². The van der Waals surface area contributed by atoms with Crippen LogP contribution in [0.3, 0.4) is 0 Å². The van der Waals surface area contributed by atoms with Gasteiger partial charge >= 0.3 is 0 Å². The lowest BCUT2D eigenvalue weighted by molar-refractivity contribution is -0.119. The first-order chi connectivity index (χ1) is 16.4. The molecule has 0 radical (unpaired) electrons. The quantitative estimate of drug-likeness (QED) is 0.503. The van der Waals surface area contributed by atoms with Crippen LogP contribution in [0.4, 0.5) is 10.1 Å². The van der Waals surface area contributed by atoms with Crippen molar-refractivity contribution >= 4 is 21.6 Å². The SMILES string of the molecule is O=C(CN(c1ccccc1)S(=O)(=O)c1ccc(F)cc1)NCc1ccc(CN2CCCC2)cc1. The fourth-order valence-corrected chi connectivity index (χ4v) is 5.41. The van der Waals surface area contributed by atoms with Gasteiger partial charge in [-0.1, -0.05) is 42.5 Å². The molecule has 3 aromatic rings. The molecule has 178 valence electrons. The van der Waals surface area contributed by atoms with E-state index < -0.39 is 28.3 Å². The summed E-state index contributed by atoms with van der Waals surface area (Å²) in [5.41, 5.74) is 2.53. The summed E-state index contributed by atoms with van der Waals surface area (Å²) in [6.07, 6.45) is 2.50. The molecule has 0 unspecified atom stereocenters. The number of rotatable bonds is 9. The van der Waals surface area contributed by atoms with Gasteiger partial charge < -0.3 is 5.32 Å². The van der Waals surface area contributed by atoms with Crippen LogP contribution in [0.5, 0.6) is 0 Å². The molecule has 0 saturated carbocycles. The van der Waals surface area contributed by atoms with E-state index in [0.717, 1.165) is 41.6 Å². The fourth-order valence-electron chi connectivity index (χ4n) is 3.99. The molecule has 34 heavy (non-hydrogen) atoms. The predicted molar refractivity (Wildman–Crippen MR) is 130 cm³/mol. The highest BCUT2D eigenvalue weighted by Crippen LogP contribution is 2.23. The van der Waals surface area contributed by atoms with Crippen LogP contribution in [0.2, 0.25) is 0 Å². The first-order valence-corrected chi connectivity index (χ1v) is 12.8. The minimum atomic E-state index is -4.06. The Bertz CT molecular complexity index is 1190. The smallest absolute Gasteiger partial charge is 0.264 e. The van der Waals surface area contributed by atoms with E-state index in [4.69, 9.17) is 0 Å². The normalized spacial score (nSPS) is 14.1. The van der Waals surface area contributed by atoms with E-state index in [1.165, 1.54) is 30.5 Å². The van der Waals surface area contributed by atoms with Crippen molar-refractivity contribution in [1.82, 2.24) is 10.2 Å². The third-order valence-corrected chi connectivity index (χ3v) is 7.64. The molecule has 0 atom stereocenters.